The van der Waals surface area contributed by atoms with E-state index < -0.39 is 0 Å². The van der Waals surface area contributed by atoms with Gasteiger partial charge >= 0.3 is 0 Å². The van der Waals surface area contributed by atoms with Gasteiger partial charge in [0.15, 0.2) is 0 Å². The molecular formula is C6H8FS. The molecule has 8 heavy (non-hydrogen) atoms. The molecule has 0 rings (SSSR count). The first-order valence-corrected chi connectivity index (χ1v) is 3.38. The molecule has 0 aromatic rings. The molecule has 0 nitrogen and oxygen atoms in total. The van der Waals surface area contributed by atoms with Crippen LogP contribution in [-0.2, 0) is 0 Å². The van der Waals surface area contributed by atoms with E-state index in [0.717, 1.165) is 0 Å². The molecule has 0 heterocycles. The smallest absolute Gasteiger partial charge is 0.0985 e. The minimum Gasteiger partial charge on any atom is -0.250 e. The second-order valence-electron chi connectivity index (χ2n) is 1.07. The topological polar surface area (TPSA) is 0 Å². The van der Waals surface area contributed by atoms with Gasteiger partial charge < -0.3 is 0 Å². The Morgan fingerprint density at radius 2 is 2.50 bits per heavy atom. The minimum absolute atomic E-state index is 0.271. The molecule has 0 aliphatic heterocycles. The molecule has 0 N–H and O–H groups in total. The molecule has 0 fully saturated rings. The maximum Gasteiger partial charge on any atom is 0.0985 e. The first-order valence-electron chi connectivity index (χ1n) is 2.33. The number of halogens is 1. The Hall–Kier alpha value is -0.160. The molecule has 0 aromatic carbocycles. The van der Waals surface area contributed by atoms with Crippen LogP contribution in [0.15, 0.2) is 0 Å². The summed E-state index contributed by atoms with van der Waals surface area (Å²) in [6.07, 6.45) is 0. The van der Waals surface area contributed by atoms with Crippen LogP contribution in [0.25, 0.3) is 0 Å². The van der Waals surface area contributed by atoms with Gasteiger partial charge in [0, 0.05) is 5.75 Å². The van der Waals surface area contributed by atoms with Crippen molar-refractivity contribution in [2.45, 2.75) is 6.92 Å². The van der Waals surface area contributed by atoms with E-state index in [0.29, 0.717) is 5.75 Å². The Kier molecular flexibility index (Phi) is 6.70. The monoisotopic (exact) mass is 131 g/mol. The van der Waals surface area contributed by atoms with Gasteiger partial charge in [0.1, 0.15) is 0 Å². The van der Waals surface area contributed by atoms with E-state index in [1.165, 1.54) is 11.8 Å². The number of thioether (sulfide) groups is 1. The summed E-state index contributed by atoms with van der Waals surface area (Å²) in [4.78, 5) is 0. The Morgan fingerprint density at radius 1 is 1.75 bits per heavy atom. The van der Waals surface area contributed by atoms with Gasteiger partial charge in [-0.05, 0) is 6.92 Å². The second-order valence-corrected chi connectivity index (χ2v) is 2.05. The van der Waals surface area contributed by atoms with Gasteiger partial charge in [-0.25, -0.2) is 0 Å². The van der Waals surface area contributed by atoms with Crippen LogP contribution in [0.4, 0.5) is 4.39 Å². The van der Waals surface area contributed by atoms with Gasteiger partial charge in [-0.2, -0.15) is 0 Å². The fourth-order valence-electron chi connectivity index (χ4n) is 0.204. The lowest BCUT2D eigenvalue weighted by Gasteiger charge is -1.84. The summed E-state index contributed by atoms with van der Waals surface area (Å²) in [5.74, 6) is 7.61. The van der Waals surface area contributed by atoms with E-state index in [1.807, 2.05) is 0 Å². The number of rotatable bonds is 3. The number of hydrogen-bond donors (Lipinski definition) is 0. The van der Waals surface area contributed by atoms with Crippen LogP contribution in [0, 0.1) is 17.6 Å². The average Bonchev–Trinajstić information content (AvgIpc) is 1.81. The van der Waals surface area contributed by atoms with Crippen molar-refractivity contribution in [2.75, 3.05) is 12.4 Å². The molecule has 0 amide bonds. The Bertz CT molecular complexity index is 90.4. The predicted octanol–water partition coefficient (Wildman–Crippen LogP) is 1.87. The van der Waals surface area contributed by atoms with Crippen LogP contribution in [-0.4, -0.2) is 12.4 Å². The van der Waals surface area contributed by atoms with Crippen molar-refractivity contribution in [3.05, 3.63) is 5.75 Å². The van der Waals surface area contributed by atoms with E-state index in [2.05, 4.69) is 11.8 Å². The summed E-state index contributed by atoms with van der Waals surface area (Å²) in [5.41, 5.74) is 0. The van der Waals surface area contributed by atoms with Gasteiger partial charge in [0.2, 0.25) is 0 Å². The van der Waals surface area contributed by atoms with Crippen molar-refractivity contribution in [3.63, 3.8) is 0 Å². The number of hydrogen-bond acceptors (Lipinski definition) is 1. The second kappa shape index (κ2) is 6.84. The zero-order chi connectivity index (χ0) is 6.24. The molecule has 0 aliphatic rings. The van der Waals surface area contributed by atoms with E-state index in [-0.39, 0.29) is 6.67 Å². The maximum atomic E-state index is 11.3. The molecule has 0 saturated heterocycles. The van der Waals surface area contributed by atoms with E-state index in [9.17, 15) is 4.39 Å². The van der Waals surface area contributed by atoms with E-state index >= 15 is 0 Å². The SMILES string of the molecule is CC#C[CH]SCCF. The first kappa shape index (κ1) is 7.84. The molecule has 1 radical (unpaired) electrons. The third-order valence-corrected chi connectivity index (χ3v) is 1.16. The van der Waals surface area contributed by atoms with Crippen molar-refractivity contribution < 1.29 is 4.39 Å². The Labute approximate surface area is 53.9 Å². The molecule has 0 aromatic heterocycles. The highest BCUT2D eigenvalue weighted by molar-refractivity contribution is 8.01. The van der Waals surface area contributed by atoms with Crippen molar-refractivity contribution in [1.29, 1.82) is 0 Å². The summed E-state index contributed by atoms with van der Waals surface area (Å²) >= 11 is 1.40. The van der Waals surface area contributed by atoms with Crippen LogP contribution >= 0.6 is 11.8 Å². The van der Waals surface area contributed by atoms with Crippen LogP contribution < -0.4 is 0 Å². The average molecular weight is 131 g/mol. The molecule has 0 spiro atoms. The molecule has 0 saturated carbocycles. The summed E-state index contributed by atoms with van der Waals surface area (Å²) < 4.78 is 11.3. The quantitative estimate of drug-likeness (QED) is 0.416. The van der Waals surface area contributed by atoms with Crippen molar-refractivity contribution >= 4 is 11.8 Å². The van der Waals surface area contributed by atoms with Crippen LogP contribution in [0.5, 0.6) is 0 Å². The molecule has 45 valence electrons. The third kappa shape index (κ3) is 5.84. The van der Waals surface area contributed by atoms with Crippen LogP contribution in [0.3, 0.4) is 0 Å². The standard InChI is InChI=1S/C6H8FS/c1-2-3-5-8-6-4-7/h5H,4,6H2,1H3. The normalized spacial score (nSPS) is 7.75. The van der Waals surface area contributed by atoms with Gasteiger partial charge in [0.05, 0.1) is 12.4 Å². The van der Waals surface area contributed by atoms with E-state index in [4.69, 9.17) is 0 Å². The summed E-state index contributed by atoms with van der Waals surface area (Å²) in [5, 5.41) is 0. The summed E-state index contributed by atoms with van der Waals surface area (Å²) in [6, 6.07) is 0. The van der Waals surface area contributed by atoms with Crippen molar-refractivity contribution in [1.82, 2.24) is 0 Å². The Morgan fingerprint density at radius 3 is 3.00 bits per heavy atom. The fourth-order valence-corrected chi connectivity index (χ4v) is 0.612. The van der Waals surface area contributed by atoms with Crippen molar-refractivity contribution in [3.8, 4) is 11.8 Å². The molecular weight excluding hydrogens is 123 g/mol. The van der Waals surface area contributed by atoms with E-state index in [1.54, 1.807) is 12.7 Å². The largest absolute Gasteiger partial charge is 0.250 e. The highest BCUT2D eigenvalue weighted by Gasteiger charge is 1.81. The minimum atomic E-state index is -0.271. The third-order valence-electron chi connectivity index (χ3n) is 0.482. The maximum absolute atomic E-state index is 11.3. The fraction of sp³-hybridized carbons (Fsp3) is 0.500. The van der Waals surface area contributed by atoms with Gasteiger partial charge in [0.25, 0.3) is 0 Å². The number of alkyl halides is 1. The van der Waals surface area contributed by atoms with Crippen LogP contribution in [0.1, 0.15) is 6.92 Å². The molecule has 0 unspecified atom stereocenters. The highest BCUT2D eigenvalue weighted by atomic mass is 32.2. The zero-order valence-electron chi connectivity index (χ0n) is 4.78. The molecule has 0 bridgehead atoms. The van der Waals surface area contributed by atoms with Gasteiger partial charge in [-0.1, -0.05) is 5.92 Å². The van der Waals surface area contributed by atoms with Crippen molar-refractivity contribution in [2.24, 2.45) is 0 Å². The summed E-state index contributed by atoms with van der Waals surface area (Å²) in [6.45, 7) is 1.49. The van der Waals surface area contributed by atoms with Gasteiger partial charge in [-0.15, -0.1) is 17.7 Å². The summed E-state index contributed by atoms with van der Waals surface area (Å²) in [7, 11) is 0. The lowest BCUT2D eigenvalue weighted by molar-refractivity contribution is 0.533. The highest BCUT2D eigenvalue weighted by Crippen LogP contribution is 2.01. The Balaban J connectivity index is 2.79. The first-order chi connectivity index (χ1) is 3.91. The molecule has 0 atom stereocenters. The zero-order valence-corrected chi connectivity index (χ0v) is 5.59. The van der Waals surface area contributed by atoms with Gasteiger partial charge in [-0.3, -0.25) is 4.39 Å². The predicted molar refractivity (Wildman–Crippen MR) is 36.2 cm³/mol. The van der Waals surface area contributed by atoms with Crippen LogP contribution in [0.2, 0.25) is 0 Å². The lowest BCUT2D eigenvalue weighted by Crippen LogP contribution is -1.76. The lowest BCUT2D eigenvalue weighted by atomic mass is 10.7. The molecule has 0 aliphatic carbocycles. The molecule has 2 heteroatoms.